The summed E-state index contributed by atoms with van der Waals surface area (Å²) in [5.41, 5.74) is 0. The van der Waals surface area contributed by atoms with Crippen LogP contribution in [0.4, 0.5) is 0 Å². The molecule has 0 heterocycles. The molecule has 0 saturated carbocycles. The van der Waals surface area contributed by atoms with E-state index in [-0.39, 0.29) is 0 Å². The van der Waals surface area contributed by atoms with Gasteiger partial charge in [-0.05, 0) is 30.7 Å². The molecule has 0 bridgehead atoms. The number of alkyl halides is 1. The lowest BCUT2D eigenvalue weighted by atomic mass is 10.2. The fraction of sp³-hybridized carbons (Fsp3) is 0.538. The molecule has 0 aliphatic heterocycles. The van der Waals surface area contributed by atoms with Gasteiger partial charge in [-0.1, -0.05) is 53.4 Å². The molecule has 0 spiro atoms. The van der Waals surface area contributed by atoms with Crippen LogP contribution in [0, 0.1) is 0 Å². The highest BCUT2D eigenvalue weighted by molar-refractivity contribution is 9.09. The molecule has 0 radical (unpaired) electrons. The molecule has 2 heteroatoms. The highest BCUT2D eigenvalue weighted by Gasteiger charge is 1.93. The number of halogens is 1. The summed E-state index contributed by atoms with van der Waals surface area (Å²) in [5, 5.41) is 1.16. The van der Waals surface area contributed by atoms with Gasteiger partial charge in [-0.3, -0.25) is 0 Å². The summed E-state index contributed by atoms with van der Waals surface area (Å²) in [6.45, 7) is 0. The maximum atomic E-state index is 3.46. The molecule has 0 atom stereocenters. The minimum Gasteiger partial charge on any atom is -0.126 e. The summed E-state index contributed by atoms with van der Waals surface area (Å²) in [4.78, 5) is 1.40. The lowest BCUT2D eigenvalue weighted by molar-refractivity contribution is 0.664. The molecule has 84 valence electrons. The second-order valence-electron chi connectivity index (χ2n) is 3.62. The molecule has 0 unspecified atom stereocenters. The van der Waals surface area contributed by atoms with E-state index in [4.69, 9.17) is 0 Å². The number of benzene rings is 1. The molecular formula is C13H19BrS. The first-order valence-electron chi connectivity index (χ1n) is 5.67. The van der Waals surface area contributed by atoms with E-state index in [9.17, 15) is 0 Å². The van der Waals surface area contributed by atoms with E-state index in [2.05, 4.69) is 46.3 Å². The van der Waals surface area contributed by atoms with Crippen LogP contribution < -0.4 is 0 Å². The second-order valence-corrected chi connectivity index (χ2v) is 5.58. The van der Waals surface area contributed by atoms with Crippen LogP contribution in [0.15, 0.2) is 35.2 Å². The van der Waals surface area contributed by atoms with Crippen LogP contribution in [0.1, 0.15) is 32.1 Å². The zero-order valence-electron chi connectivity index (χ0n) is 9.12. The van der Waals surface area contributed by atoms with Gasteiger partial charge in [0.2, 0.25) is 0 Å². The van der Waals surface area contributed by atoms with Crippen molar-refractivity contribution in [1.82, 2.24) is 0 Å². The Labute approximate surface area is 106 Å². The van der Waals surface area contributed by atoms with E-state index in [0.717, 1.165) is 5.33 Å². The number of hydrogen-bond donors (Lipinski definition) is 0. The van der Waals surface area contributed by atoms with Crippen molar-refractivity contribution >= 4 is 27.7 Å². The third-order valence-electron chi connectivity index (χ3n) is 2.29. The molecule has 0 aliphatic carbocycles. The highest BCUT2D eigenvalue weighted by Crippen LogP contribution is 2.19. The van der Waals surface area contributed by atoms with Gasteiger partial charge >= 0.3 is 0 Å². The van der Waals surface area contributed by atoms with Gasteiger partial charge in [-0.15, -0.1) is 11.8 Å². The predicted molar refractivity (Wildman–Crippen MR) is 74.0 cm³/mol. The molecule has 1 rings (SSSR count). The van der Waals surface area contributed by atoms with Crippen LogP contribution in [-0.4, -0.2) is 11.1 Å². The Kier molecular flexibility index (Phi) is 8.12. The summed E-state index contributed by atoms with van der Waals surface area (Å²) >= 11 is 5.43. The van der Waals surface area contributed by atoms with Crippen molar-refractivity contribution in [3.05, 3.63) is 30.3 Å². The number of rotatable bonds is 8. The first-order chi connectivity index (χ1) is 7.43. The normalized spacial score (nSPS) is 10.5. The first kappa shape index (κ1) is 13.1. The molecule has 0 N–H and O–H groups in total. The molecule has 0 amide bonds. The minimum absolute atomic E-state index is 1.16. The van der Waals surface area contributed by atoms with Crippen LogP contribution in [0.2, 0.25) is 0 Å². The molecule has 0 fully saturated rings. The van der Waals surface area contributed by atoms with Crippen LogP contribution in [0.5, 0.6) is 0 Å². The molecule has 1 aromatic carbocycles. The standard InChI is InChI=1S/C13H19BrS/c14-11-7-2-1-3-8-12-15-13-9-5-4-6-10-13/h4-6,9-10H,1-3,7-8,11-12H2. The Balaban J connectivity index is 1.93. The topological polar surface area (TPSA) is 0 Å². The third kappa shape index (κ3) is 7.02. The van der Waals surface area contributed by atoms with Crippen molar-refractivity contribution in [2.75, 3.05) is 11.1 Å². The van der Waals surface area contributed by atoms with Gasteiger partial charge in [-0.2, -0.15) is 0 Å². The fourth-order valence-electron chi connectivity index (χ4n) is 1.43. The molecule has 1 aromatic rings. The fourth-order valence-corrected chi connectivity index (χ4v) is 2.76. The Hall–Kier alpha value is 0.0500. The van der Waals surface area contributed by atoms with Gasteiger partial charge in [0, 0.05) is 10.2 Å². The largest absolute Gasteiger partial charge is 0.126 e. The molecule has 0 aromatic heterocycles. The molecular weight excluding hydrogens is 268 g/mol. The van der Waals surface area contributed by atoms with Crippen molar-refractivity contribution in [3.8, 4) is 0 Å². The Morgan fingerprint density at radius 2 is 1.53 bits per heavy atom. The number of unbranched alkanes of at least 4 members (excludes halogenated alkanes) is 4. The monoisotopic (exact) mass is 286 g/mol. The van der Waals surface area contributed by atoms with Crippen molar-refractivity contribution in [3.63, 3.8) is 0 Å². The van der Waals surface area contributed by atoms with Crippen molar-refractivity contribution in [1.29, 1.82) is 0 Å². The van der Waals surface area contributed by atoms with Crippen LogP contribution in [0.3, 0.4) is 0 Å². The predicted octanol–water partition coefficient (Wildman–Crippen LogP) is 5.12. The van der Waals surface area contributed by atoms with Crippen LogP contribution in [-0.2, 0) is 0 Å². The zero-order chi connectivity index (χ0) is 10.8. The van der Waals surface area contributed by atoms with Gasteiger partial charge in [0.05, 0.1) is 0 Å². The maximum Gasteiger partial charge on any atom is 0.00719 e. The minimum atomic E-state index is 1.16. The third-order valence-corrected chi connectivity index (χ3v) is 3.95. The average molecular weight is 287 g/mol. The average Bonchev–Trinajstić information content (AvgIpc) is 2.29. The summed E-state index contributed by atoms with van der Waals surface area (Å²) in [6, 6.07) is 10.7. The quantitative estimate of drug-likeness (QED) is 0.363. The van der Waals surface area contributed by atoms with Gasteiger partial charge in [-0.25, -0.2) is 0 Å². The van der Waals surface area contributed by atoms with Crippen molar-refractivity contribution < 1.29 is 0 Å². The van der Waals surface area contributed by atoms with Gasteiger partial charge in [0.25, 0.3) is 0 Å². The summed E-state index contributed by atoms with van der Waals surface area (Å²) in [5.74, 6) is 1.26. The van der Waals surface area contributed by atoms with Gasteiger partial charge in [0.15, 0.2) is 0 Å². The summed E-state index contributed by atoms with van der Waals surface area (Å²) in [7, 11) is 0. The summed E-state index contributed by atoms with van der Waals surface area (Å²) < 4.78 is 0. The Bertz CT molecular complexity index is 236. The van der Waals surface area contributed by atoms with E-state index in [0.29, 0.717) is 0 Å². The first-order valence-corrected chi connectivity index (χ1v) is 7.78. The number of hydrogen-bond acceptors (Lipinski definition) is 1. The molecule has 0 nitrogen and oxygen atoms in total. The van der Waals surface area contributed by atoms with Gasteiger partial charge < -0.3 is 0 Å². The van der Waals surface area contributed by atoms with E-state index >= 15 is 0 Å². The van der Waals surface area contributed by atoms with Gasteiger partial charge in [0.1, 0.15) is 0 Å². The molecule has 0 saturated heterocycles. The van der Waals surface area contributed by atoms with E-state index in [1.165, 1.54) is 42.8 Å². The summed E-state index contributed by atoms with van der Waals surface area (Å²) in [6.07, 6.45) is 6.82. The SMILES string of the molecule is BrCCCCCCCSc1ccccc1. The van der Waals surface area contributed by atoms with Crippen LogP contribution >= 0.6 is 27.7 Å². The van der Waals surface area contributed by atoms with E-state index < -0.39 is 0 Å². The van der Waals surface area contributed by atoms with E-state index in [1.807, 2.05) is 11.8 Å². The maximum absolute atomic E-state index is 3.46. The van der Waals surface area contributed by atoms with E-state index in [1.54, 1.807) is 0 Å². The molecule has 0 aliphatic rings. The smallest absolute Gasteiger partial charge is 0.00719 e. The van der Waals surface area contributed by atoms with Crippen molar-refractivity contribution in [2.45, 2.75) is 37.0 Å². The van der Waals surface area contributed by atoms with Crippen molar-refractivity contribution in [2.24, 2.45) is 0 Å². The highest BCUT2D eigenvalue weighted by atomic mass is 79.9. The second kappa shape index (κ2) is 9.29. The van der Waals surface area contributed by atoms with Crippen LogP contribution in [0.25, 0.3) is 0 Å². The lowest BCUT2D eigenvalue weighted by Crippen LogP contribution is -1.83. The number of thioether (sulfide) groups is 1. The Morgan fingerprint density at radius 1 is 0.867 bits per heavy atom. The molecule has 15 heavy (non-hydrogen) atoms. The Morgan fingerprint density at radius 3 is 2.27 bits per heavy atom. The zero-order valence-corrected chi connectivity index (χ0v) is 11.5. The lowest BCUT2D eigenvalue weighted by Gasteiger charge is -2.01.